The lowest BCUT2D eigenvalue weighted by Crippen LogP contribution is -1.95. The molecule has 2 rings (SSSR count). The topological polar surface area (TPSA) is 26.3 Å². The van der Waals surface area contributed by atoms with E-state index in [-0.39, 0.29) is 5.97 Å². The maximum absolute atomic E-state index is 11.1. The Morgan fingerprint density at radius 2 is 2.27 bits per heavy atom. The highest BCUT2D eigenvalue weighted by Crippen LogP contribution is 2.40. The first kappa shape index (κ1) is 7.30. The van der Waals surface area contributed by atoms with E-state index < -0.39 is 0 Å². The Balaban J connectivity index is 2.23. The molecule has 0 bridgehead atoms. The van der Waals surface area contributed by atoms with Crippen LogP contribution >= 0.6 is 8.58 Å². The van der Waals surface area contributed by atoms with Crippen molar-refractivity contribution in [3.8, 4) is 0 Å². The maximum Gasteiger partial charge on any atom is 0.334 e. The molecule has 0 aromatic rings. The average Bonchev–Trinajstić information content (AvgIpc) is 2.55. The molecule has 2 fully saturated rings. The largest absolute Gasteiger partial charge is 0.462 e. The van der Waals surface area contributed by atoms with Crippen molar-refractivity contribution in [1.29, 1.82) is 0 Å². The summed E-state index contributed by atoms with van der Waals surface area (Å²) in [6.45, 7) is 0.613. The lowest BCUT2D eigenvalue weighted by atomic mass is 10.2. The molecule has 2 heterocycles. The van der Waals surface area contributed by atoms with E-state index in [0.717, 1.165) is 27.0 Å². The van der Waals surface area contributed by atoms with Gasteiger partial charge in [0.25, 0.3) is 0 Å². The molecule has 2 aliphatic rings. The van der Waals surface area contributed by atoms with Gasteiger partial charge in [0.2, 0.25) is 0 Å². The van der Waals surface area contributed by atoms with Crippen LogP contribution in [0.3, 0.4) is 0 Å². The van der Waals surface area contributed by atoms with Gasteiger partial charge in [-0.05, 0) is 24.3 Å². The molecule has 2 nitrogen and oxygen atoms in total. The van der Waals surface area contributed by atoms with Crippen molar-refractivity contribution in [3.63, 3.8) is 0 Å². The summed E-state index contributed by atoms with van der Waals surface area (Å²) >= 11 is 0. The molecule has 2 aliphatic heterocycles. The zero-order chi connectivity index (χ0) is 7.68. The fraction of sp³-hybridized carbons (Fsp3) is 0.625. The molecule has 3 heteroatoms. The molecular weight excluding hydrogens is 159 g/mol. The van der Waals surface area contributed by atoms with Crippen LogP contribution in [0, 0.1) is 0 Å². The van der Waals surface area contributed by atoms with Gasteiger partial charge in [0.05, 0.1) is 6.61 Å². The summed E-state index contributed by atoms with van der Waals surface area (Å²) in [5.74, 6) is -0.0469. The minimum atomic E-state index is -0.0469. The SMILES string of the molecule is O=C1OCCC1=C1CCCP1. The van der Waals surface area contributed by atoms with Crippen molar-refractivity contribution in [2.75, 3.05) is 12.8 Å². The van der Waals surface area contributed by atoms with E-state index in [1.54, 1.807) is 0 Å². The summed E-state index contributed by atoms with van der Waals surface area (Å²) in [5, 5.41) is 1.40. The van der Waals surface area contributed by atoms with E-state index in [1.807, 2.05) is 0 Å². The average molecular weight is 170 g/mol. The molecule has 0 amide bonds. The second kappa shape index (κ2) is 2.94. The second-order valence-corrected chi connectivity index (χ2v) is 4.33. The van der Waals surface area contributed by atoms with Crippen molar-refractivity contribution in [2.45, 2.75) is 19.3 Å². The highest BCUT2D eigenvalue weighted by Gasteiger charge is 2.24. The molecule has 11 heavy (non-hydrogen) atoms. The van der Waals surface area contributed by atoms with Gasteiger partial charge in [-0.1, -0.05) is 8.58 Å². The highest BCUT2D eigenvalue weighted by molar-refractivity contribution is 7.43. The quantitative estimate of drug-likeness (QED) is 0.314. The number of rotatable bonds is 0. The fourth-order valence-corrected chi connectivity index (χ4v) is 3.01. The highest BCUT2D eigenvalue weighted by atomic mass is 31.1. The minimum Gasteiger partial charge on any atom is -0.462 e. The van der Waals surface area contributed by atoms with Gasteiger partial charge in [0.15, 0.2) is 0 Å². The lowest BCUT2D eigenvalue weighted by Gasteiger charge is -1.97. The van der Waals surface area contributed by atoms with Crippen LogP contribution in [0.5, 0.6) is 0 Å². The van der Waals surface area contributed by atoms with Crippen LogP contribution in [0.25, 0.3) is 0 Å². The molecule has 0 radical (unpaired) electrons. The maximum atomic E-state index is 11.1. The molecule has 0 aliphatic carbocycles. The molecule has 60 valence electrons. The fourth-order valence-electron chi connectivity index (χ4n) is 1.56. The first-order chi connectivity index (χ1) is 5.38. The van der Waals surface area contributed by atoms with Gasteiger partial charge in [-0.25, -0.2) is 4.79 Å². The van der Waals surface area contributed by atoms with Gasteiger partial charge in [0.1, 0.15) is 0 Å². The van der Waals surface area contributed by atoms with Gasteiger partial charge in [-0.3, -0.25) is 0 Å². The molecule has 1 unspecified atom stereocenters. The van der Waals surface area contributed by atoms with E-state index in [1.165, 1.54) is 17.9 Å². The number of allylic oxidation sites excluding steroid dienone is 1. The zero-order valence-electron chi connectivity index (χ0n) is 6.35. The first-order valence-electron chi connectivity index (χ1n) is 4.01. The van der Waals surface area contributed by atoms with Gasteiger partial charge in [-0.15, -0.1) is 0 Å². The summed E-state index contributed by atoms with van der Waals surface area (Å²) < 4.78 is 4.89. The summed E-state index contributed by atoms with van der Waals surface area (Å²) in [6, 6.07) is 0. The Hall–Kier alpha value is -0.360. The Morgan fingerprint density at radius 3 is 2.82 bits per heavy atom. The monoisotopic (exact) mass is 170 g/mol. The Morgan fingerprint density at radius 1 is 1.36 bits per heavy atom. The third-order valence-corrected chi connectivity index (χ3v) is 3.72. The predicted octanol–water partition coefficient (Wildman–Crippen LogP) is 1.66. The van der Waals surface area contributed by atoms with Crippen LogP contribution in [0.4, 0.5) is 0 Å². The van der Waals surface area contributed by atoms with Crippen molar-refractivity contribution in [3.05, 3.63) is 10.9 Å². The van der Waals surface area contributed by atoms with E-state index >= 15 is 0 Å². The van der Waals surface area contributed by atoms with Crippen LogP contribution in [-0.4, -0.2) is 18.7 Å². The molecule has 2 saturated heterocycles. The Labute approximate surface area is 67.8 Å². The molecule has 0 aromatic heterocycles. The number of hydrogen-bond donors (Lipinski definition) is 0. The molecule has 0 saturated carbocycles. The molecular formula is C8H11O2P. The molecule has 0 spiro atoms. The lowest BCUT2D eigenvalue weighted by molar-refractivity contribution is -0.135. The first-order valence-corrected chi connectivity index (χ1v) is 5.21. The van der Waals surface area contributed by atoms with E-state index in [0.29, 0.717) is 6.61 Å². The van der Waals surface area contributed by atoms with Gasteiger partial charge in [0, 0.05) is 12.0 Å². The van der Waals surface area contributed by atoms with Crippen molar-refractivity contribution in [2.24, 2.45) is 0 Å². The summed E-state index contributed by atoms with van der Waals surface area (Å²) in [5.41, 5.74) is 1.00. The number of carbonyl (C=O) groups is 1. The van der Waals surface area contributed by atoms with E-state index in [4.69, 9.17) is 4.74 Å². The third-order valence-electron chi connectivity index (χ3n) is 2.14. The smallest absolute Gasteiger partial charge is 0.334 e. The summed E-state index contributed by atoms with van der Waals surface area (Å²) in [6.07, 6.45) is 4.56. The van der Waals surface area contributed by atoms with E-state index in [9.17, 15) is 4.79 Å². The van der Waals surface area contributed by atoms with Gasteiger partial charge in [-0.2, -0.15) is 0 Å². The standard InChI is InChI=1S/C8H11O2P/c9-8-6(3-4-10-8)7-2-1-5-11-7/h11H,1-5H2. The number of cyclic esters (lactones) is 1. The minimum absolute atomic E-state index is 0.0469. The molecule has 1 atom stereocenters. The van der Waals surface area contributed by atoms with Crippen LogP contribution < -0.4 is 0 Å². The normalized spacial score (nSPS) is 33.3. The van der Waals surface area contributed by atoms with Crippen molar-refractivity contribution >= 4 is 14.6 Å². The second-order valence-electron chi connectivity index (χ2n) is 2.87. The molecule has 0 N–H and O–H groups in total. The van der Waals surface area contributed by atoms with Crippen molar-refractivity contribution in [1.82, 2.24) is 0 Å². The summed E-state index contributed by atoms with van der Waals surface area (Å²) in [7, 11) is 0.898. The van der Waals surface area contributed by atoms with E-state index in [2.05, 4.69) is 0 Å². The number of carbonyl (C=O) groups excluding carboxylic acids is 1. The van der Waals surface area contributed by atoms with Crippen LogP contribution in [0.1, 0.15) is 19.3 Å². The van der Waals surface area contributed by atoms with Crippen LogP contribution in [0.15, 0.2) is 10.9 Å². The van der Waals surface area contributed by atoms with Gasteiger partial charge < -0.3 is 4.74 Å². The number of hydrogen-bond acceptors (Lipinski definition) is 2. The zero-order valence-corrected chi connectivity index (χ0v) is 7.35. The van der Waals surface area contributed by atoms with Gasteiger partial charge >= 0.3 is 5.97 Å². The predicted molar refractivity (Wildman–Crippen MR) is 45.0 cm³/mol. The third kappa shape index (κ3) is 1.32. The Kier molecular flexibility index (Phi) is 1.95. The molecule has 0 aromatic carbocycles. The van der Waals surface area contributed by atoms with Crippen molar-refractivity contribution < 1.29 is 9.53 Å². The Bertz CT molecular complexity index is 212. The number of esters is 1. The summed E-state index contributed by atoms with van der Waals surface area (Å²) in [4.78, 5) is 11.1. The van der Waals surface area contributed by atoms with Crippen LogP contribution in [-0.2, 0) is 9.53 Å². The number of ether oxygens (including phenoxy) is 1. The van der Waals surface area contributed by atoms with Crippen LogP contribution in [0.2, 0.25) is 0 Å².